The Hall–Kier alpha value is -3.82. The molecular weight excluding hydrogens is 392 g/mol. The zero-order valence-corrected chi connectivity index (χ0v) is 16.6. The van der Waals surface area contributed by atoms with E-state index in [9.17, 15) is 19.7 Å². The summed E-state index contributed by atoms with van der Waals surface area (Å²) >= 11 is 0. The van der Waals surface area contributed by atoms with Crippen molar-refractivity contribution in [3.05, 3.63) is 57.6 Å². The molecule has 0 saturated carbocycles. The van der Waals surface area contributed by atoms with Gasteiger partial charge in [-0.2, -0.15) is 0 Å². The second-order valence-electron chi connectivity index (χ2n) is 6.66. The minimum atomic E-state index is -0.649. The molecule has 1 saturated heterocycles. The van der Waals surface area contributed by atoms with E-state index in [1.54, 1.807) is 12.1 Å². The number of hydrazine groups is 1. The number of non-ortho nitro benzene ring substituents is 1. The lowest BCUT2D eigenvalue weighted by Crippen LogP contribution is -2.42. The molecule has 1 aliphatic rings. The summed E-state index contributed by atoms with van der Waals surface area (Å²) in [7, 11) is 2.92. The van der Waals surface area contributed by atoms with Gasteiger partial charge in [-0.15, -0.1) is 0 Å². The van der Waals surface area contributed by atoms with Crippen molar-refractivity contribution in [1.29, 1.82) is 0 Å². The minimum absolute atomic E-state index is 0.120. The van der Waals surface area contributed by atoms with Crippen LogP contribution in [0.1, 0.15) is 33.6 Å². The van der Waals surface area contributed by atoms with E-state index in [0.29, 0.717) is 17.2 Å². The first-order valence-corrected chi connectivity index (χ1v) is 9.30. The standard InChI is InChI=1S/C20H22N4O6/c1-29-15-9-13(10-16(12-15)30-2)19(25)21-22-20(26)17-11-14(24(27)28)5-6-18(17)23-7-3-4-8-23/h5-6,9-12H,3-4,7-8H2,1-2H3,(H,21,25)(H,22,26). The molecule has 0 radical (unpaired) electrons. The summed E-state index contributed by atoms with van der Waals surface area (Å²) in [5, 5.41) is 11.1. The van der Waals surface area contributed by atoms with Gasteiger partial charge in [-0.25, -0.2) is 0 Å². The average molecular weight is 414 g/mol. The highest BCUT2D eigenvalue weighted by molar-refractivity contribution is 6.03. The number of carbonyl (C=O) groups is 2. The van der Waals surface area contributed by atoms with Crippen LogP contribution in [0.25, 0.3) is 0 Å². The summed E-state index contributed by atoms with van der Waals surface area (Å²) in [5.41, 5.74) is 5.38. The van der Waals surface area contributed by atoms with Crippen LogP contribution in [0.3, 0.4) is 0 Å². The van der Waals surface area contributed by atoms with Gasteiger partial charge in [-0.05, 0) is 31.0 Å². The molecule has 0 spiro atoms. The maximum absolute atomic E-state index is 12.8. The first-order valence-electron chi connectivity index (χ1n) is 9.30. The van der Waals surface area contributed by atoms with Crippen molar-refractivity contribution >= 4 is 23.2 Å². The average Bonchev–Trinajstić information content (AvgIpc) is 3.31. The van der Waals surface area contributed by atoms with Crippen molar-refractivity contribution in [2.24, 2.45) is 0 Å². The number of ether oxygens (including phenoxy) is 2. The number of amides is 2. The molecule has 1 heterocycles. The molecule has 3 rings (SSSR count). The predicted octanol–water partition coefficient (Wildman–Crippen LogP) is 2.29. The third-order valence-electron chi connectivity index (χ3n) is 4.79. The smallest absolute Gasteiger partial charge is 0.272 e. The number of methoxy groups -OCH3 is 2. The molecule has 2 amide bonds. The molecule has 2 N–H and O–H groups in total. The second kappa shape index (κ2) is 9.12. The van der Waals surface area contributed by atoms with Crippen LogP contribution in [-0.4, -0.2) is 44.0 Å². The summed E-state index contributed by atoms with van der Waals surface area (Å²) in [6.45, 7) is 1.52. The normalized spacial score (nSPS) is 12.9. The van der Waals surface area contributed by atoms with Gasteiger partial charge in [0.15, 0.2) is 0 Å². The number of nitrogens with one attached hydrogen (secondary N) is 2. The summed E-state index contributed by atoms with van der Waals surface area (Å²) < 4.78 is 10.3. The van der Waals surface area contributed by atoms with Crippen molar-refractivity contribution in [2.75, 3.05) is 32.2 Å². The highest BCUT2D eigenvalue weighted by Gasteiger charge is 2.23. The number of anilines is 1. The lowest BCUT2D eigenvalue weighted by Gasteiger charge is -2.21. The number of nitrogens with zero attached hydrogens (tertiary/aromatic N) is 2. The van der Waals surface area contributed by atoms with E-state index >= 15 is 0 Å². The molecule has 1 aliphatic heterocycles. The Balaban J connectivity index is 1.79. The van der Waals surface area contributed by atoms with E-state index in [1.165, 1.54) is 38.5 Å². The number of nitro benzene ring substituents is 1. The van der Waals surface area contributed by atoms with Crippen LogP contribution in [0.4, 0.5) is 11.4 Å². The van der Waals surface area contributed by atoms with Crippen molar-refractivity contribution < 1.29 is 24.0 Å². The molecule has 0 bridgehead atoms. The molecule has 10 nitrogen and oxygen atoms in total. The van der Waals surface area contributed by atoms with Crippen molar-refractivity contribution in [3.8, 4) is 11.5 Å². The van der Waals surface area contributed by atoms with Crippen LogP contribution in [-0.2, 0) is 0 Å². The van der Waals surface area contributed by atoms with Crippen molar-refractivity contribution in [2.45, 2.75) is 12.8 Å². The molecule has 0 aromatic heterocycles. The minimum Gasteiger partial charge on any atom is -0.497 e. The Morgan fingerprint density at radius 2 is 1.57 bits per heavy atom. The van der Waals surface area contributed by atoms with Crippen molar-refractivity contribution in [3.63, 3.8) is 0 Å². The fourth-order valence-corrected chi connectivity index (χ4v) is 3.24. The van der Waals surface area contributed by atoms with Gasteiger partial charge in [0.2, 0.25) is 0 Å². The number of carbonyl (C=O) groups excluding carboxylic acids is 2. The van der Waals surface area contributed by atoms with E-state index in [4.69, 9.17) is 9.47 Å². The SMILES string of the molecule is COc1cc(OC)cc(C(=O)NNC(=O)c2cc([N+](=O)[O-])ccc2N2CCCC2)c1. The number of nitro groups is 1. The molecule has 2 aromatic carbocycles. The van der Waals surface area contributed by atoms with Gasteiger partial charge in [-0.3, -0.25) is 30.6 Å². The van der Waals surface area contributed by atoms with Crippen molar-refractivity contribution in [1.82, 2.24) is 10.9 Å². The monoisotopic (exact) mass is 414 g/mol. The van der Waals surface area contributed by atoms with Gasteiger partial charge in [0.05, 0.1) is 30.4 Å². The second-order valence-corrected chi connectivity index (χ2v) is 6.66. The first kappa shape index (κ1) is 20.9. The van der Waals surface area contributed by atoms with Gasteiger partial charge >= 0.3 is 0 Å². The topological polar surface area (TPSA) is 123 Å². The highest BCUT2D eigenvalue weighted by Crippen LogP contribution is 2.28. The summed E-state index contributed by atoms with van der Waals surface area (Å²) in [6.07, 6.45) is 1.96. The van der Waals surface area contributed by atoms with Gasteiger partial charge in [-0.1, -0.05) is 0 Å². The van der Waals surface area contributed by atoms with Crippen LogP contribution in [0.15, 0.2) is 36.4 Å². The van der Waals surface area contributed by atoms with E-state index in [2.05, 4.69) is 10.9 Å². The fraction of sp³-hybridized carbons (Fsp3) is 0.300. The van der Waals surface area contributed by atoms with Crippen LogP contribution in [0, 0.1) is 10.1 Å². The highest BCUT2D eigenvalue weighted by atomic mass is 16.6. The third-order valence-corrected chi connectivity index (χ3v) is 4.79. The molecule has 0 atom stereocenters. The molecule has 158 valence electrons. The maximum atomic E-state index is 12.8. The van der Waals surface area contributed by atoms with Gasteiger partial charge in [0.1, 0.15) is 11.5 Å². The number of rotatable bonds is 6. The van der Waals surface area contributed by atoms with E-state index in [0.717, 1.165) is 25.9 Å². The zero-order valence-electron chi connectivity index (χ0n) is 16.6. The van der Waals surface area contributed by atoms with E-state index in [1.807, 2.05) is 4.90 Å². The fourth-order valence-electron chi connectivity index (χ4n) is 3.24. The quantitative estimate of drug-likeness (QED) is 0.549. The largest absolute Gasteiger partial charge is 0.497 e. The first-order chi connectivity index (χ1) is 14.4. The van der Waals surface area contributed by atoms with Crippen LogP contribution < -0.4 is 25.2 Å². The Morgan fingerprint density at radius 3 is 2.13 bits per heavy atom. The lowest BCUT2D eigenvalue weighted by atomic mass is 10.1. The van der Waals surface area contributed by atoms with Gasteiger partial charge in [0.25, 0.3) is 17.5 Å². The third kappa shape index (κ3) is 4.59. The van der Waals surface area contributed by atoms with Crippen LogP contribution in [0.5, 0.6) is 11.5 Å². The van der Waals surface area contributed by atoms with Crippen LogP contribution in [0.2, 0.25) is 0 Å². The van der Waals surface area contributed by atoms with Crippen LogP contribution >= 0.6 is 0 Å². The van der Waals surface area contributed by atoms with Gasteiger partial charge < -0.3 is 14.4 Å². The Morgan fingerprint density at radius 1 is 0.967 bits per heavy atom. The summed E-state index contributed by atoms with van der Waals surface area (Å²) in [4.78, 5) is 37.8. The number of benzene rings is 2. The predicted molar refractivity (Wildman–Crippen MR) is 109 cm³/mol. The number of hydrogen-bond donors (Lipinski definition) is 2. The molecule has 30 heavy (non-hydrogen) atoms. The van der Waals surface area contributed by atoms with E-state index < -0.39 is 16.7 Å². The van der Waals surface area contributed by atoms with Gasteiger partial charge in [0, 0.05) is 36.9 Å². The number of hydrogen-bond acceptors (Lipinski definition) is 7. The molecular formula is C20H22N4O6. The molecule has 0 unspecified atom stereocenters. The zero-order chi connectivity index (χ0) is 21.7. The summed E-state index contributed by atoms with van der Waals surface area (Å²) in [5.74, 6) is -0.404. The Bertz CT molecular complexity index is 950. The Labute approximate surface area is 172 Å². The lowest BCUT2D eigenvalue weighted by molar-refractivity contribution is -0.384. The molecule has 10 heteroatoms. The molecule has 0 aliphatic carbocycles. The molecule has 1 fully saturated rings. The van der Waals surface area contributed by atoms with E-state index in [-0.39, 0.29) is 16.8 Å². The summed E-state index contributed by atoms with van der Waals surface area (Å²) in [6, 6.07) is 8.74. The maximum Gasteiger partial charge on any atom is 0.272 e. The Kier molecular flexibility index (Phi) is 6.35. The molecule has 2 aromatic rings.